The van der Waals surface area contributed by atoms with Crippen molar-refractivity contribution in [3.05, 3.63) is 41.7 Å². The zero-order chi connectivity index (χ0) is 14.7. The van der Waals surface area contributed by atoms with Gasteiger partial charge >= 0.3 is 0 Å². The summed E-state index contributed by atoms with van der Waals surface area (Å²) < 4.78 is 7.74. The van der Waals surface area contributed by atoms with E-state index in [1.165, 1.54) is 0 Å². The molecule has 110 valence electrons. The number of aromatic nitrogens is 1. The van der Waals surface area contributed by atoms with E-state index in [-0.39, 0.29) is 6.10 Å². The van der Waals surface area contributed by atoms with Crippen molar-refractivity contribution < 1.29 is 4.74 Å². The third-order valence-corrected chi connectivity index (χ3v) is 3.83. The maximum Gasteiger partial charge on any atom is 0.102 e. The van der Waals surface area contributed by atoms with Crippen molar-refractivity contribution in [2.75, 3.05) is 33.3 Å². The fourth-order valence-corrected chi connectivity index (χ4v) is 2.87. The number of hydrogen-bond donors (Lipinski definition) is 1. The molecule has 0 aromatic carbocycles. The molecule has 1 atom stereocenters. The molecule has 1 aliphatic heterocycles. The number of pyridine rings is 1. The lowest BCUT2D eigenvalue weighted by Gasteiger charge is -2.27. The number of likely N-dealkylation sites (N-methyl/N-ethyl adjacent to an activating group) is 1. The van der Waals surface area contributed by atoms with Gasteiger partial charge in [0.15, 0.2) is 0 Å². The van der Waals surface area contributed by atoms with Crippen LogP contribution in [0.1, 0.15) is 11.1 Å². The molecule has 0 radical (unpaired) electrons. The number of ether oxygens (including phenoxy) is 1. The summed E-state index contributed by atoms with van der Waals surface area (Å²) in [6.45, 7) is 4.23. The van der Waals surface area contributed by atoms with Crippen LogP contribution in [0.3, 0.4) is 0 Å². The highest BCUT2D eigenvalue weighted by Crippen LogP contribution is 2.19. The fraction of sp³-hybridized carbons (Fsp3) is 0.438. The van der Waals surface area contributed by atoms with Gasteiger partial charge in [-0.05, 0) is 19.2 Å². The number of morpholine rings is 1. The van der Waals surface area contributed by atoms with Crippen LogP contribution in [-0.2, 0) is 11.3 Å². The van der Waals surface area contributed by atoms with Crippen molar-refractivity contribution in [3.8, 4) is 6.07 Å². The average Bonchev–Trinajstić information content (AvgIpc) is 2.85. The Labute approximate surface area is 124 Å². The minimum atomic E-state index is 0.228. The van der Waals surface area contributed by atoms with E-state index in [0.717, 1.165) is 49.4 Å². The van der Waals surface area contributed by atoms with Crippen LogP contribution in [-0.4, -0.2) is 48.7 Å². The summed E-state index contributed by atoms with van der Waals surface area (Å²) in [5.41, 5.74) is 2.80. The molecule has 2 aromatic rings. The molecule has 3 rings (SSSR count). The van der Waals surface area contributed by atoms with Gasteiger partial charge in [-0.15, -0.1) is 0 Å². The summed E-state index contributed by atoms with van der Waals surface area (Å²) in [7, 11) is 2.07. The van der Waals surface area contributed by atoms with Gasteiger partial charge in [-0.25, -0.2) is 0 Å². The second-order valence-corrected chi connectivity index (χ2v) is 5.53. The molecule has 2 aromatic heterocycles. The Morgan fingerprint density at radius 3 is 3.19 bits per heavy atom. The van der Waals surface area contributed by atoms with Gasteiger partial charge in [0.2, 0.25) is 0 Å². The highest BCUT2D eigenvalue weighted by atomic mass is 16.5. The van der Waals surface area contributed by atoms with Crippen LogP contribution in [0.15, 0.2) is 30.6 Å². The van der Waals surface area contributed by atoms with E-state index in [1.807, 2.05) is 35.0 Å². The molecule has 0 spiro atoms. The Morgan fingerprint density at radius 1 is 1.52 bits per heavy atom. The number of nitrogens with zero attached hydrogens (tertiary/aromatic N) is 3. The van der Waals surface area contributed by atoms with E-state index in [9.17, 15) is 5.26 Å². The summed E-state index contributed by atoms with van der Waals surface area (Å²) >= 11 is 0. The minimum absolute atomic E-state index is 0.228. The highest BCUT2D eigenvalue weighted by Gasteiger charge is 2.17. The van der Waals surface area contributed by atoms with Crippen LogP contribution < -0.4 is 5.32 Å². The van der Waals surface area contributed by atoms with Gasteiger partial charge < -0.3 is 14.5 Å². The summed E-state index contributed by atoms with van der Waals surface area (Å²) in [5.74, 6) is 0. The lowest BCUT2D eigenvalue weighted by Crippen LogP contribution is -2.44. The van der Waals surface area contributed by atoms with Crippen molar-refractivity contribution in [1.82, 2.24) is 14.6 Å². The zero-order valence-electron chi connectivity index (χ0n) is 12.2. The van der Waals surface area contributed by atoms with E-state index >= 15 is 0 Å². The molecule has 1 N–H and O–H groups in total. The number of nitrogens with one attached hydrogen (secondary N) is 1. The van der Waals surface area contributed by atoms with E-state index in [2.05, 4.69) is 23.3 Å². The maximum atomic E-state index is 9.42. The van der Waals surface area contributed by atoms with Gasteiger partial charge in [0, 0.05) is 44.1 Å². The Morgan fingerprint density at radius 2 is 2.43 bits per heavy atom. The van der Waals surface area contributed by atoms with Crippen molar-refractivity contribution in [3.63, 3.8) is 0 Å². The number of hydrogen-bond acceptors (Lipinski definition) is 4. The predicted octanol–water partition coefficient (Wildman–Crippen LogP) is 1.23. The van der Waals surface area contributed by atoms with Crippen LogP contribution in [0, 0.1) is 11.3 Å². The molecule has 5 heteroatoms. The first-order valence-electron chi connectivity index (χ1n) is 7.27. The second-order valence-electron chi connectivity index (χ2n) is 5.53. The Kier molecular flexibility index (Phi) is 4.20. The van der Waals surface area contributed by atoms with Crippen molar-refractivity contribution in [2.45, 2.75) is 12.6 Å². The van der Waals surface area contributed by atoms with Gasteiger partial charge in [-0.2, -0.15) is 5.26 Å². The molecular formula is C16H20N4O. The molecule has 21 heavy (non-hydrogen) atoms. The summed E-state index contributed by atoms with van der Waals surface area (Å²) in [4.78, 5) is 2.22. The van der Waals surface area contributed by atoms with E-state index in [1.54, 1.807) is 0 Å². The van der Waals surface area contributed by atoms with Gasteiger partial charge in [-0.3, -0.25) is 4.90 Å². The predicted molar refractivity (Wildman–Crippen MR) is 81.1 cm³/mol. The molecule has 1 fully saturated rings. The lowest BCUT2D eigenvalue weighted by molar-refractivity contribution is 0.00884. The Bertz CT molecular complexity index is 652. The monoisotopic (exact) mass is 284 g/mol. The van der Waals surface area contributed by atoms with Gasteiger partial charge in [0.25, 0.3) is 0 Å². The average molecular weight is 284 g/mol. The van der Waals surface area contributed by atoms with Crippen molar-refractivity contribution in [1.29, 1.82) is 5.26 Å². The molecule has 0 amide bonds. The summed E-state index contributed by atoms with van der Waals surface area (Å²) in [5, 5.41) is 12.8. The summed E-state index contributed by atoms with van der Waals surface area (Å²) in [6, 6.07) is 8.26. The van der Waals surface area contributed by atoms with Gasteiger partial charge in [-0.1, -0.05) is 6.07 Å². The lowest BCUT2D eigenvalue weighted by atomic mass is 10.1. The van der Waals surface area contributed by atoms with Gasteiger partial charge in [0.05, 0.1) is 23.8 Å². The fourth-order valence-electron chi connectivity index (χ4n) is 2.87. The molecule has 0 aliphatic carbocycles. The van der Waals surface area contributed by atoms with Crippen LogP contribution in [0.2, 0.25) is 0 Å². The topological polar surface area (TPSA) is 52.7 Å². The molecule has 0 bridgehead atoms. The SMILES string of the molecule is CN(Cc1cn2ccccc2c1C#N)CC1CNCCO1. The van der Waals surface area contributed by atoms with Crippen LogP contribution in [0.5, 0.6) is 0 Å². The minimum Gasteiger partial charge on any atom is -0.374 e. The maximum absolute atomic E-state index is 9.42. The third kappa shape index (κ3) is 3.08. The first kappa shape index (κ1) is 14.1. The van der Waals surface area contributed by atoms with E-state index in [0.29, 0.717) is 0 Å². The Hall–Kier alpha value is -1.87. The van der Waals surface area contributed by atoms with E-state index < -0.39 is 0 Å². The zero-order valence-corrected chi connectivity index (χ0v) is 12.2. The number of nitriles is 1. The molecule has 3 heterocycles. The smallest absolute Gasteiger partial charge is 0.102 e. The largest absolute Gasteiger partial charge is 0.374 e. The second kappa shape index (κ2) is 6.27. The molecule has 1 saturated heterocycles. The Balaban J connectivity index is 1.73. The number of fused-ring (bicyclic) bond motifs is 1. The standard InChI is InChI=1S/C16H20N4O/c1-19(12-14-9-18-5-7-21-14)10-13-11-20-6-3-2-4-16(20)15(13)8-17/h2-4,6,11,14,18H,5,7,9-10,12H2,1H3. The van der Waals surface area contributed by atoms with Crippen molar-refractivity contribution >= 4 is 5.52 Å². The highest BCUT2D eigenvalue weighted by molar-refractivity contribution is 5.65. The van der Waals surface area contributed by atoms with Crippen LogP contribution >= 0.6 is 0 Å². The number of rotatable bonds is 4. The first-order chi connectivity index (χ1) is 10.3. The molecule has 1 unspecified atom stereocenters. The summed E-state index contributed by atoms with van der Waals surface area (Å²) in [6.07, 6.45) is 4.25. The van der Waals surface area contributed by atoms with Gasteiger partial charge in [0.1, 0.15) is 6.07 Å². The molecule has 5 nitrogen and oxygen atoms in total. The van der Waals surface area contributed by atoms with Crippen molar-refractivity contribution in [2.24, 2.45) is 0 Å². The molecule has 1 aliphatic rings. The van der Waals surface area contributed by atoms with Crippen LogP contribution in [0.25, 0.3) is 5.52 Å². The normalized spacial score (nSPS) is 19.0. The van der Waals surface area contributed by atoms with Crippen LogP contribution in [0.4, 0.5) is 0 Å². The third-order valence-electron chi connectivity index (χ3n) is 3.83. The first-order valence-corrected chi connectivity index (χ1v) is 7.27. The quantitative estimate of drug-likeness (QED) is 0.917. The van der Waals surface area contributed by atoms with E-state index in [4.69, 9.17) is 4.74 Å². The molecular weight excluding hydrogens is 264 g/mol. The molecule has 0 saturated carbocycles.